The van der Waals surface area contributed by atoms with Crippen LogP contribution in [-0.2, 0) is 6.42 Å². The molecule has 0 saturated carbocycles. The molecule has 1 atom stereocenters. The molecular formula is C15H23NO2. The Labute approximate surface area is 109 Å². The van der Waals surface area contributed by atoms with Crippen LogP contribution in [0.4, 0.5) is 0 Å². The van der Waals surface area contributed by atoms with E-state index in [1.165, 1.54) is 17.5 Å². The van der Waals surface area contributed by atoms with E-state index in [9.17, 15) is 0 Å². The molecule has 0 amide bonds. The van der Waals surface area contributed by atoms with Crippen molar-refractivity contribution in [3.05, 3.63) is 23.3 Å². The summed E-state index contributed by atoms with van der Waals surface area (Å²) in [5.74, 6) is 2.55. The number of benzene rings is 1. The van der Waals surface area contributed by atoms with Crippen LogP contribution >= 0.6 is 0 Å². The molecule has 0 radical (unpaired) electrons. The third-order valence-electron chi connectivity index (χ3n) is 3.65. The third-order valence-corrected chi connectivity index (χ3v) is 3.65. The Morgan fingerprint density at radius 1 is 1.22 bits per heavy atom. The quantitative estimate of drug-likeness (QED) is 0.870. The van der Waals surface area contributed by atoms with Crippen molar-refractivity contribution in [2.75, 3.05) is 27.3 Å². The molecule has 1 aliphatic rings. The molecule has 2 rings (SSSR count). The van der Waals surface area contributed by atoms with Crippen LogP contribution in [-0.4, -0.2) is 27.3 Å². The van der Waals surface area contributed by atoms with Gasteiger partial charge in [0.2, 0.25) is 0 Å². The first-order valence-corrected chi connectivity index (χ1v) is 6.75. The zero-order chi connectivity index (χ0) is 13.0. The Kier molecular flexibility index (Phi) is 4.48. The summed E-state index contributed by atoms with van der Waals surface area (Å²) in [5.41, 5.74) is 2.52. The summed E-state index contributed by atoms with van der Waals surface area (Å²) >= 11 is 0. The molecule has 1 aromatic carbocycles. The fraction of sp³-hybridized carbons (Fsp3) is 0.600. The van der Waals surface area contributed by atoms with Crippen LogP contribution in [0.15, 0.2) is 12.1 Å². The van der Waals surface area contributed by atoms with E-state index in [2.05, 4.69) is 24.4 Å². The third kappa shape index (κ3) is 2.61. The smallest absolute Gasteiger partial charge is 0.122 e. The van der Waals surface area contributed by atoms with E-state index >= 15 is 0 Å². The first kappa shape index (κ1) is 13.2. The molecule has 100 valence electrons. The van der Waals surface area contributed by atoms with Crippen molar-refractivity contribution < 1.29 is 9.47 Å². The lowest BCUT2D eigenvalue weighted by molar-refractivity contribution is 0.392. The molecule has 0 bridgehead atoms. The number of nitrogens with one attached hydrogen (secondary N) is 1. The zero-order valence-corrected chi connectivity index (χ0v) is 11.6. The molecule has 0 spiro atoms. The summed E-state index contributed by atoms with van der Waals surface area (Å²) in [7, 11) is 3.50. The van der Waals surface area contributed by atoms with Gasteiger partial charge in [0.1, 0.15) is 11.5 Å². The topological polar surface area (TPSA) is 30.5 Å². The second-order valence-corrected chi connectivity index (χ2v) is 4.85. The number of ether oxygens (including phenoxy) is 2. The minimum Gasteiger partial charge on any atom is -0.496 e. The summed E-state index contributed by atoms with van der Waals surface area (Å²) < 4.78 is 11.1. The molecule has 3 nitrogen and oxygen atoms in total. The number of hydrogen-bond donors (Lipinski definition) is 1. The van der Waals surface area contributed by atoms with Gasteiger partial charge in [-0.05, 0) is 37.1 Å². The van der Waals surface area contributed by atoms with Crippen LogP contribution in [0.3, 0.4) is 0 Å². The van der Waals surface area contributed by atoms with Gasteiger partial charge < -0.3 is 14.8 Å². The van der Waals surface area contributed by atoms with Crippen LogP contribution in [0.5, 0.6) is 11.5 Å². The van der Waals surface area contributed by atoms with Crippen molar-refractivity contribution in [1.29, 1.82) is 0 Å². The van der Waals surface area contributed by atoms with Gasteiger partial charge in [-0.25, -0.2) is 0 Å². The lowest BCUT2D eigenvalue weighted by Crippen LogP contribution is -2.09. The Bertz CT molecular complexity index is 398. The highest BCUT2D eigenvalue weighted by atomic mass is 16.5. The minimum absolute atomic E-state index is 0.546. The van der Waals surface area contributed by atoms with Crippen molar-refractivity contribution in [3.8, 4) is 11.5 Å². The number of aryl methyl sites for hydroxylation is 1. The van der Waals surface area contributed by atoms with E-state index in [0.717, 1.165) is 37.4 Å². The van der Waals surface area contributed by atoms with Gasteiger partial charge in [0, 0.05) is 18.0 Å². The number of methoxy groups -OCH3 is 2. The molecule has 1 unspecified atom stereocenters. The lowest BCUT2D eigenvalue weighted by atomic mass is 9.94. The normalized spacial score (nSPS) is 18.9. The first-order chi connectivity index (χ1) is 8.80. The highest BCUT2D eigenvalue weighted by Gasteiger charge is 2.22. The zero-order valence-electron chi connectivity index (χ0n) is 11.6. The Morgan fingerprint density at radius 2 is 2.00 bits per heavy atom. The van der Waals surface area contributed by atoms with E-state index in [0.29, 0.717) is 5.92 Å². The molecule has 1 heterocycles. The van der Waals surface area contributed by atoms with Gasteiger partial charge in [0.15, 0.2) is 0 Å². The Hall–Kier alpha value is -1.22. The monoisotopic (exact) mass is 249 g/mol. The lowest BCUT2D eigenvalue weighted by Gasteiger charge is -2.18. The maximum atomic E-state index is 5.56. The van der Waals surface area contributed by atoms with Gasteiger partial charge >= 0.3 is 0 Å². The largest absolute Gasteiger partial charge is 0.496 e. The second kappa shape index (κ2) is 6.10. The van der Waals surface area contributed by atoms with E-state index in [-0.39, 0.29) is 0 Å². The molecule has 1 N–H and O–H groups in total. The summed E-state index contributed by atoms with van der Waals surface area (Å²) in [6, 6.07) is 4.32. The molecule has 1 fully saturated rings. The predicted octanol–water partition coefficient (Wildman–Crippen LogP) is 2.73. The van der Waals surface area contributed by atoms with Gasteiger partial charge in [0.05, 0.1) is 14.2 Å². The van der Waals surface area contributed by atoms with Gasteiger partial charge in [0.25, 0.3) is 0 Å². The van der Waals surface area contributed by atoms with E-state index in [4.69, 9.17) is 9.47 Å². The summed E-state index contributed by atoms with van der Waals surface area (Å²) in [4.78, 5) is 0. The molecular weight excluding hydrogens is 226 g/mol. The molecule has 0 aromatic heterocycles. The summed E-state index contributed by atoms with van der Waals surface area (Å²) in [6.45, 7) is 4.31. The average molecular weight is 249 g/mol. The molecule has 3 heteroatoms. The number of hydrogen-bond acceptors (Lipinski definition) is 3. The molecule has 1 aromatic rings. The van der Waals surface area contributed by atoms with E-state index in [1.807, 2.05) is 0 Å². The maximum absolute atomic E-state index is 5.56. The van der Waals surface area contributed by atoms with Gasteiger partial charge in [-0.1, -0.05) is 13.3 Å². The molecule has 1 saturated heterocycles. The van der Waals surface area contributed by atoms with Crippen molar-refractivity contribution in [1.82, 2.24) is 5.32 Å². The highest BCUT2D eigenvalue weighted by Crippen LogP contribution is 2.36. The fourth-order valence-electron chi connectivity index (χ4n) is 2.69. The van der Waals surface area contributed by atoms with E-state index < -0.39 is 0 Å². The molecule has 0 aliphatic carbocycles. The van der Waals surface area contributed by atoms with Crippen LogP contribution in [0.2, 0.25) is 0 Å². The van der Waals surface area contributed by atoms with Crippen molar-refractivity contribution in [2.24, 2.45) is 0 Å². The van der Waals surface area contributed by atoms with Crippen LogP contribution in [0.1, 0.15) is 36.8 Å². The van der Waals surface area contributed by atoms with Crippen molar-refractivity contribution >= 4 is 0 Å². The standard InChI is InChI=1S/C15H23NO2/c1-4-5-11-8-15(18-3)13(9-14(11)17-2)12-6-7-16-10-12/h8-9,12,16H,4-7,10H2,1-3H3. The van der Waals surface area contributed by atoms with Crippen LogP contribution in [0, 0.1) is 0 Å². The number of rotatable bonds is 5. The van der Waals surface area contributed by atoms with Crippen LogP contribution < -0.4 is 14.8 Å². The van der Waals surface area contributed by atoms with E-state index in [1.54, 1.807) is 14.2 Å². The van der Waals surface area contributed by atoms with Gasteiger partial charge in [-0.15, -0.1) is 0 Å². The predicted molar refractivity (Wildman–Crippen MR) is 73.8 cm³/mol. The molecule has 1 aliphatic heterocycles. The van der Waals surface area contributed by atoms with Gasteiger partial charge in [-0.2, -0.15) is 0 Å². The highest BCUT2D eigenvalue weighted by molar-refractivity contribution is 5.48. The summed E-state index contributed by atoms with van der Waals surface area (Å²) in [5, 5.41) is 3.40. The molecule has 18 heavy (non-hydrogen) atoms. The second-order valence-electron chi connectivity index (χ2n) is 4.85. The van der Waals surface area contributed by atoms with Crippen molar-refractivity contribution in [3.63, 3.8) is 0 Å². The average Bonchev–Trinajstić information content (AvgIpc) is 2.92. The van der Waals surface area contributed by atoms with Gasteiger partial charge in [-0.3, -0.25) is 0 Å². The first-order valence-electron chi connectivity index (χ1n) is 6.75. The maximum Gasteiger partial charge on any atom is 0.122 e. The SMILES string of the molecule is CCCc1cc(OC)c(C2CCNC2)cc1OC. The van der Waals surface area contributed by atoms with Crippen LogP contribution in [0.25, 0.3) is 0 Å². The Morgan fingerprint density at radius 3 is 2.56 bits per heavy atom. The Balaban J connectivity index is 2.38. The summed E-state index contributed by atoms with van der Waals surface area (Å²) in [6.07, 6.45) is 3.32. The fourth-order valence-corrected chi connectivity index (χ4v) is 2.69. The van der Waals surface area contributed by atoms with Crippen molar-refractivity contribution in [2.45, 2.75) is 32.1 Å². The minimum atomic E-state index is 0.546.